The van der Waals surface area contributed by atoms with E-state index in [0.717, 1.165) is 6.61 Å². The molecular formula is C13H21NO. The summed E-state index contributed by atoms with van der Waals surface area (Å²) in [5, 5.41) is 0. The van der Waals surface area contributed by atoms with Crippen LogP contribution < -0.4 is 0 Å². The fourth-order valence-electron chi connectivity index (χ4n) is 1.56. The van der Waals surface area contributed by atoms with Gasteiger partial charge in [-0.1, -0.05) is 19.9 Å². The Bertz CT molecular complexity index is 269. The maximum absolute atomic E-state index is 5.69. The molecule has 0 aliphatic heterocycles. The molecule has 0 N–H and O–H groups in total. The lowest BCUT2D eigenvalue weighted by Gasteiger charge is -2.22. The highest BCUT2D eigenvalue weighted by molar-refractivity contribution is 5.15. The van der Waals surface area contributed by atoms with Crippen LogP contribution in [0.2, 0.25) is 0 Å². The smallest absolute Gasteiger partial charge is 0.0541 e. The fraction of sp³-hybridized carbons (Fsp3) is 0.615. The van der Waals surface area contributed by atoms with Gasteiger partial charge >= 0.3 is 0 Å². The summed E-state index contributed by atoms with van der Waals surface area (Å²) in [6, 6.07) is 4.11. The number of ether oxygens (including phenoxy) is 1. The maximum Gasteiger partial charge on any atom is 0.0541 e. The van der Waals surface area contributed by atoms with Crippen LogP contribution in [-0.4, -0.2) is 17.7 Å². The molecule has 1 aromatic heterocycles. The third kappa shape index (κ3) is 4.00. The van der Waals surface area contributed by atoms with Gasteiger partial charge in [0.05, 0.1) is 12.7 Å². The van der Waals surface area contributed by atoms with E-state index in [1.165, 1.54) is 5.56 Å². The number of pyridine rings is 1. The number of hydrogen-bond acceptors (Lipinski definition) is 2. The van der Waals surface area contributed by atoms with Gasteiger partial charge in [0.25, 0.3) is 0 Å². The second kappa shape index (κ2) is 5.86. The van der Waals surface area contributed by atoms with E-state index in [2.05, 4.69) is 38.7 Å². The van der Waals surface area contributed by atoms with Crippen molar-refractivity contribution in [3.63, 3.8) is 0 Å². The molecule has 1 atom stereocenters. The van der Waals surface area contributed by atoms with Gasteiger partial charge in [0, 0.05) is 18.3 Å². The van der Waals surface area contributed by atoms with Crippen LogP contribution in [0.15, 0.2) is 24.5 Å². The molecule has 84 valence electrons. The minimum atomic E-state index is 0.294. The first-order valence-corrected chi connectivity index (χ1v) is 5.62. The summed E-state index contributed by atoms with van der Waals surface area (Å²) in [5.41, 5.74) is 1.27. The van der Waals surface area contributed by atoms with Crippen molar-refractivity contribution >= 4 is 0 Å². The van der Waals surface area contributed by atoms with Crippen molar-refractivity contribution in [2.45, 2.75) is 39.7 Å². The van der Waals surface area contributed by atoms with Crippen LogP contribution in [-0.2, 0) is 4.74 Å². The van der Waals surface area contributed by atoms with E-state index in [1.54, 1.807) is 0 Å². The summed E-state index contributed by atoms with van der Waals surface area (Å²) in [4.78, 5) is 4.16. The van der Waals surface area contributed by atoms with Gasteiger partial charge in [-0.25, -0.2) is 0 Å². The van der Waals surface area contributed by atoms with Gasteiger partial charge in [0.2, 0.25) is 0 Å². The highest BCUT2D eigenvalue weighted by atomic mass is 16.5. The molecule has 0 fully saturated rings. The standard InChI is InChI=1S/C13H21NO/c1-10(2)13(9-15-11(3)4)12-6-5-7-14-8-12/h5-8,10-11,13H,9H2,1-4H3. The summed E-state index contributed by atoms with van der Waals surface area (Å²) >= 11 is 0. The molecular weight excluding hydrogens is 186 g/mol. The van der Waals surface area contributed by atoms with Crippen LogP contribution in [0, 0.1) is 5.92 Å². The third-order valence-corrected chi connectivity index (χ3v) is 2.53. The van der Waals surface area contributed by atoms with Crippen molar-refractivity contribution in [2.75, 3.05) is 6.61 Å². The summed E-state index contributed by atoms with van der Waals surface area (Å²) in [6.07, 6.45) is 4.04. The summed E-state index contributed by atoms with van der Waals surface area (Å²) in [7, 11) is 0. The Kier molecular flexibility index (Phi) is 4.76. The lowest BCUT2D eigenvalue weighted by Crippen LogP contribution is -2.17. The van der Waals surface area contributed by atoms with Crippen molar-refractivity contribution in [3.05, 3.63) is 30.1 Å². The molecule has 1 rings (SSSR count). The first-order valence-electron chi connectivity index (χ1n) is 5.62. The van der Waals surface area contributed by atoms with Crippen LogP contribution in [0.25, 0.3) is 0 Å². The number of aromatic nitrogens is 1. The highest BCUT2D eigenvalue weighted by Gasteiger charge is 2.16. The molecule has 0 radical (unpaired) electrons. The number of rotatable bonds is 5. The van der Waals surface area contributed by atoms with Crippen molar-refractivity contribution in [3.8, 4) is 0 Å². The monoisotopic (exact) mass is 207 g/mol. The molecule has 0 bridgehead atoms. The van der Waals surface area contributed by atoms with Gasteiger partial charge in [0.15, 0.2) is 0 Å². The average Bonchev–Trinajstić information content (AvgIpc) is 2.18. The van der Waals surface area contributed by atoms with Gasteiger partial charge in [0.1, 0.15) is 0 Å². The first kappa shape index (κ1) is 12.2. The zero-order chi connectivity index (χ0) is 11.3. The number of nitrogens with zero attached hydrogens (tertiary/aromatic N) is 1. The topological polar surface area (TPSA) is 22.1 Å². The van der Waals surface area contributed by atoms with E-state index in [4.69, 9.17) is 4.74 Å². The average molecular weight is 207 g/mol. The predicted molar refractivity (Wildman–Crippen MR) is 62.9 cm³/mol. The quantitative estimate of drug-likeness (QED) is 0.739. The largest absolute Gasteiger partial charge is 0.378 e. The highest BCUT2D eigenvalue weighted by Crippen LogP contribution is 2.24. The Morgan fingerprint density at radius 1 is 1.27 bits per heavy atom. The molecule has 0 aliphatic rings. The van der Waals surface area contributed by atoms with E-state index >= 15 is 0 Å². The van der Waals surface area contributed by atoms with Gasteiger partial charge in [-0.05, 0) is 31.4 Å². The molecule has 0 amide bonds. The predicted octanol–water partition coefficient (Wildman–Crippen LogP) is 3.25. The number of hydrogen-bond donors (Lipinski definition) is 0. The molecule has 0 spiro atoms. The van der Waals surface area contributed by atoms with Crippen LogP contribution in [0.5, 0.6) is 0 Å². The third-order valence-electron chi connectivity index (χ3n) is 2.53. The van der Waals surface area contributed by atoms with Crippen LogP contribution in [0.4, 0.5) is 0 Å². The zero-order valence-corrected chi connectivity index (χ0v) is 10.1. The van der Waals surface area contributed by atoms with Gasteiger partial charge in [-0.15, -0.1) is 0 Å². The second-order valence-electron chi connectivity index (χ2n) is 4.52. The van der Waals surface area contributed by atoms with Crippen molar-refractivity contribution < 1.29 is 4.74 Å². The molecule has 0 saturated heterocycles. The maximum atomic E-state index is 5.69. The Morgan fingerprint density at radius 2 is 2.00 bits per heavy atom. The van der Waals surface area contributed by atoms with E-state index in [1.807, 2.05) is 18.5 Å². The molecule has 1 aromatic rings. The minimum Gasteiger partial charge on any atom is -0.378 e. The zero-order valence-electron chi connectivity index (χ0n) is 10.1. The van der Waals surface area contributed by atoms with Gasteiger partial charge in [-0.3, -0.25) is 4.98 Å². The van der Waals surface area contributed by atoms with Crippen molar-refractivity contribution in [1.82, 2.24) is 4.98 Å². The fourth-order valence-corrected chi connectivity index (χ4v) is 1.56. The van der Waals surface area contributed by atoms with Gasteiger partial charge < -0.3 is 4.74 Å². The van der Waals surface area contributed by atoms with E-state index in [-0.39, 0.29) is 0 Å². The lowest BCUT2D eigenvalue weighted by atomic mass is 9.90. The molecule has 0 aliphatic carbocycles. The SMILES string of the molecule is CC(C)OCC(c1cccnc1)C(C)C. The van der Waals surface area contributed by atoms with Crippen LogP contribution >= 0.6 is 0 Å². The summed E-state index contributed by atoms with van der Waals surface area (Å²) < 4.78 is 5.69. The molecule has 0 aromatic carbocycles. The molecule has 15 heavy (non-hydrogen) atoms. The second-order valence-corrected chi connectivity index (χ2v) is 4.52. The minimum absolute atomic E-state index is 0.294. The molecule has 1 unspecified atom stereocenters. The Labute approximate surface area is 92.7 Å². The van der Waals surface area contributed by atoms with Crippen LogP contribution in [0.1, 0.15) is 39.2 Å². The molecule has 2 heteroatoms. The Morgan fingerprint density at radius 3 is 2.47 bits per heavy atom. The Balaban J connectivity index is 2.66. The lowest BCUT2D eigenvalue weighted by molar-refractivity contribution is 0.0589. The summed E-state index contributed by atoms with van der Waals surface area (Å²) in [5.74, 6) is 1.02. The van der Waals surface area contributed by atoms with Crippen molar-refractivity contribution in [1.29, 1.82) is 0 Å². The van der Waals surface area contributed by atoms with Gasteiger partial charge in [-0.2, -0.15) is 0 Å². The first-order chi connectivity index (χ1) is 7.11. The van der Waals surface area contributed by atoms with Crippen LogP contribution in [0.3, 0.4) is 0 Å². The van der Waals surface area contributed by atoms with E-state index in [0.29, 0.717) is 17.9 Å². The molecule has 1 heterocycles. The van der Waals surface area contributed by atoms with E-state index < -0.39 is 0 Å². The Hall–Kier alpha value is -0.890. The molecule has 2 nitrogen and oxygen atoms in total. The summed E-state index contributed by atoms with van der Waals surface area (Å²) in [6.45, 7) is 9.37. The normalized spacial score (nSPS) is 13.5. The molecule has 0 saturated carbocycles. The van der Waals surface area contributed by atoms with E-state index in [9.17, 15) is 0 Å². The van der Waals surface area contributed by atoms with Crippen molar-refractivity contribution in [2.24, 2.45) is 5.92 Å².